The second-order valence-corrected chi connectivity index (χ2v) is 8.62. The molecule has 0 bridgehead atoms. The van der Waals surface area contributed by atoms with Crippen LogP contribution in [-0.4, -0.2) is 18.3 Å². The maximum Gasteiger partial charge on any atom is 0.0995 e. The van der Waals surface area contributed by atoms with E-state index in [1.165, 1.54) is 22.9 Å². The molecule has 19 heavy (non-hydrogen) atoms. The molecule has 2 aromatic rings. The van der Waals surface area contributed by atoms with Crippen molar-refractivity contribution in [2.75, 3.05) is 0 Å². The Kier molecular flexibility index (Phi) is 4.25. The molecule has 0 saturated heterocycles. The fourth-order valence-corrected chi connectivity index (χ4v) is 3.34. The fraction of sp³-hybridized carbons (Fsp3) is 0.438. The lowest BCUT2D eigenvalue weighted by Gasteiger charge is -2.15. The summed E-state index contributed by atoms with van der Waals surface area (Å²) in [6.07, 6.45) is 4.02. The van der Waals surface area contributed by atoms with Crippen LogP contribution in [0.4, 0.5) is 0 Å². The second-order valence-electron chi connectivity index (χ2n) is 5.85. The van der Waals surface area contributed by atoms with Gasteiger partial charge in [-0.1, -0.05) is 39.1 Å². The SMILES string of the molecule is Cc1cn(-c2ccc(C(C)C)cc2C[Si](C)C)cn1. The van der Waals surface area contributed by atoms with Gasteiger partial charge < -0.3 is 4.57 Å². The Labute approximate surface area is 118 Å². The zero-order valence-corrected chi connectivity index (χ0v) is 13.6. The molecule has 0 saturated carbocycles. The molecule has 0 aliphatic carbocycles. The molecule has 0 atom stereocenters. The van der Waals surface area contributed by atoms with Crippen LogP contribution in [0.25, 0.3) is 5.69 Å². The summed E-state index contributed by atoms with van der Waals surface area (Å²) in [6.45, 7) is 11.3. The summed E-state index contributed by atoms with van der Waals surface area (Å²) in [5.41, 5.74) is 5.25. The number of rotatable bonds is 4. The predicted octanol–water partition coefficient (Wildman–Crippen LogP) is 4.14. The Morgan fingerprint density at radius 2 is 2.00 bits per heavy atom. The van der Waals surface area contributed by atoms with Crippen LogP contribution in [0.15, 0.2) is 30.7 Å². The van der Waals surface area contributed by atoms with Crippen molar-refractivity contribution in [3.05, 3.63) is 47.5 Å². The number of aromatic nitrogens is 2. The summed E-state index contributed by atoms with van der Waals surface area (Å²) in [5.74, 6) is 0.585. The Bertz CT molecular complexity index is 556. The number of hydrogen-bond acceptors (Lipinski definition) is 1. The monoisotopic (exact) mass is 271 g/mol. The molecule has 0 amide bonds. The van der Waals surface area contributed by atoms with Gasteiger partial charge in [-0.2, -0.15) is 0 Å². The van der Waals surface area contributed by atoms with Gasteiger partial charge in [0.15, 0.2) is 0 Å². The number of hydrogen-bond donors (Lipinski definition) is 0. The molecular weight excluding hydrogens is 248 g/mol. The highest BCUT2D eigenvalue weighted by Gasteiger charge is 2.10. The number of imidazole rings is 1. The van der Waals surface area contributed by atoms with Gasteiger partial charge in [0, 0.05) is 20.7 Å². The van der Waals surface area contributed by atoms with Gasteiger partial charge in [0.25, 0.3) is 0 Å². The zero-order chi connectivity index (χ0) is 14.0. The molecular formula is C16H23N2Si. The summed E-state index contributed by atoms with van der Waals surface area (Å²) in [5, 5.41) is 0. The van der Waals surface area contributed by atoms with Crippen molar-refractivity contribution in [3.8, 4) is 5.69 Å². The standard InChI is InChI=1S/C16H23N2Si/c1-12(2)14-6-7-16(15(8-14)10-19(4)5)18-9-13(3)17-11-18/h6-9,11-12H,10H2,1-5H3. The van der Waals surface area contributed by atoms with E-state index in [2.05, 4.69) is 60.9 Å². The number of aryl methyl sites for hydroxylation is 1. The molecule has 101 valence electrons. The van der Waals surface area contributed by atoms with Crippen LogP contribution in [0, 0.1) is 6.92 Å². The maximum atomic E-state index is 4.34. The Morgan fingerprint density at radius 3 is 2.53 bits per heavy atom. The molecule has 0 unspecified atom stereocenters. The zero-order valence-electron chi connectivity index (χ0n) is 12.6. The van der Waals surface area contributed by atoms with Crippen LogP contribution in [0.2, 0.25) is 13.1 Å². The molecule has 0 aliphatic rings. The lowest BCUT2D eigenvalue weighted by molar-refractivity contribution is 0.861. The third-order valence-electron chi connectivity index (χ3n) is 3.30. The minimum atomic E-state index is -0.285. The molecule has 2 rings (SSSR count). The van der Waals surface area contributed by atoms with Crippen LogP contribution in [0.3, 0.4) is 0 Å². The summed E-state index contributed by atoms with van der Waals surface area (Å²) >= 11 is 0. The highest BCUT2D eigenvalue weighted by molar-refractivity contribution is 6.55. The molecule has 1 aromatic heterocycles. The van der Waals surface area contributed by atoms with E-state index in [0.29, 0.717) is 5.92 Å². The summed E-state index contributed by atoms with van der Waals surface area (Å²) < 4.78 is 2.15. The second kappa shape index (κ2) is 5.74. The Morgan fingerprint density at radius 1 is 1.26 bits per heavy atom. The highest BCUT2D eigenvalue weighted by Crippen LogP contribution is 2.23. The Balaban J connectivity index is 2.47. The van der Waals surface area contributed by atoms with Crippen LogP contribution < -0.4 is 0 Å². The van der Waals surface area contributed by atoms with Gasteiger partial charge in [-0.15, -0.1) is 0 Å². The van der Waals surface area contributed by atoms with Crippen molar-refractivity contribution >= 4 is 8.80 Å². The highest BCUT2D eigenvalue weighted by atomic mass is 28.3. The molecule has 0 N–H and O–H groups in total. The van der Waals surface area contributed by atoms with Crippen molar-refractivity contribution in [3.63, 3.8) is 0 Å². The van der Waals surface area contributed by atoms with E-state index in [9.17, 15) is 0 Å². The minimum absolute atomic E-state index is 0.285. The van der Waals surface area contributed by atoms with Crippen molar-refractivity contribution in [1.82, 2.24) is 9.55 Å². The van der Waals surface area contributed by atoms with Gasteiger partial charge in [0.05, 0.1) is 12.0 Å². The predicted molar refractivity (Wildman–Crippen MR) is 83.6 cm³/mol. The average Bonchev–Trinajstić information content (AvgIpc) is 2.74. The van der Waals surface area contributed by atoms with E-state index in [1.807, 2.05) is 13.3 Å². The van der Waals surface area contributed by atoms with Gasteiger partial charge in [0.1, 0.15) is 0 Å². The number of nitrogens with zero attached hydrogens (tertiary/aromatic N) is 2. The van der Waals surface area contributed by atoms with E-state index < -0.39 is 0 Å². The van der Waals surface area contributed by atoms with Crippen LogP contribution >= 0.6 is 0 Å². The largest absolute Gasteiger partial charge is 0.306 e. The molecule has 1 radical (unpaired) electrons. The smallest absolute Gasteiger partial charge is 0.0995 e. The van der Waals surface area contributed by atoms with E-state index >= 15 is 0 Å². The fourth-order valence-electron chi connectivity index (χ4n) is 2.29. The van der Waals surface area contributed by atoms with Gasteiger partial charge in [-0.05, 0) is 36.1 Å². The molecule has 1 aromatic carbocycles. The Hall–Kier alpha value is -1.35. The number of benzene rings is 1. The quantitative estimate of drug-likeness (QED) is 0.764. The molecule has 1 heterocycles. The molecule has 0 spiro atoms. The topological polar surface area (TPSA) is 17.8 Å². The van der Waals surface area contributed by atoms with E-state index in [0.717, 1.165) is 5.69 Å². The minimum Gasteiger partial charge on any atom is -0.306 e. The van der Waals surface area contributed by atoms with Crippen LogP contribution in [-0.2, 0) is 6.04 Å². The maximum absolute atomic E-state index is 4.34. The van der Waals surface area contributed by atoms with E-state index in [4.69, 9.17) is 0 Å². The van der Waals surface area contributed by atoms with Crippen molar-refractivity contribution < 1.29 is 0 Å². The van der Waals surface area contributed by atoms with Gasteiger partial charge in [-0.25, -0.2) is 4.98 Å². The summed E-state index contributed by atoms with van der Waals surface area (Å²) in [4.78, 5) is 4.34. The first-order valence-electron chi connectivity index (χ1n) is 6.90. The first kappa shape index (κ1) is 14.1. The molecule has 0 aliphatic heterocycles. The van der Waals surface area contributed by atoms with Gasteiger partial charge in [-0.3, -0.25) is 0 Å². The first-order chi connectivity index (χ1) is 8.97. The summed E-state index contributed by atoms with van der Waals surface area (Å²) in [6, 6.07) is 8.08. The van der Waals surface area contributed by atoms with E-state index in [1.54, 1.807) is 0 Å². The lowest BCUT2D eigenvalue weighted by atomic mass is 10.00. The third-order valence-corrected chi connectivity index (χ3v) is 4.39. The van der Waals surface area contributed by atoms with Crippen molar-refractivity contribution in [2.45, 2.75) is 45.8 Å². The first-order valence-corrected chi connectivity index (χ1v) is 9.61. The normalized spacial score (nSPS) is 11.5. The van der Waals surface area contributed by atoms with E-state index in [-0.39, 0.29) is 8.80 Å². The molecule has 0 fully saturated rings. The molecule has 2 nitrogen and oxygen atoms in total. The summed E-state index contributed by atoms with van der Waals surface area (Å²) in [7, 11) is -0.285. The lowest BCUT2D eigenvalue weighted by Crippen LogP contribution is -2.09. The van der Waals surface area contributed by atoms with Gasteiger partial charge >= 0.3 is 0 Å². The van der Waals surface area contributed by atoms with Crippen LogP contribution in [0.1, 0.15) is 36.6 Å². The van der Waals surface area contributed by atoms with Crippen LogP contribution in [0.5, 0.6) is 0 Å². The van der Waals surface area contributed by atoms with Crippen molar-refractivity contribution in [2.24, 2.45) is 0 Å². The van der Waals surface area contributed by atoms with Crippen molar-refractivity contribution in [1.29, 1.82) is 0 Å². The average molecular weight is 271 g/mol. The molecule has 3 heteroatoms. The van der Waals surface area contributed by atoms with Gasteiger partial charge in [0.2, 0.25) is 0 Å². The third kappa shape index (κ3) is 3.35.